The smallest absolute Gasteiger partial charge is 0.0513 e. The number of fused-ring (bicyclic) bond motifs is 2. The Kier molecular flexibility index (Phi) is 4.95. The quantitative estimate of drug-likeness (QED) is 0.468. The van der Waals surface area contributed by atoms with E-state index in [1.165, 1.54) is 19.3 Å². The minimum Gasteiger partial charge on any atom is -0.0691 e. The van der Waals surface area contributed by atoms with Crippen LogP contribution >= 0.6 is 0 Å². The van der Waals surface area contributed by atoms with Gasteiger partial charge in [-0.1, -0.05) is 77.9 Å². The van der Waals surface area contributed by atoms with Gasteiger partial charge in [0.2, 0.25) is 0 Å². The Balaban J connectivity index is 1.50. The van der Waals surface area contributed by atoms with Crippen LogP contribution in [-0.2, 0) is 0 Å². The standard InChI is InChI=1S/C23H42Si/c1-16-13-18-9-5-7-11-20(18)22(16)15-24(3,4)23-17(2)14-19-10-6-8-12-21(19)23/h16-23H,5-15H2,1-4H3. The normalized spacial score (nSPS) is 49.0. The Morgan fingerprint density at radius 2 is 1.25 bits per heavy atom. The van der Waals surface area contributed by atoms with E-state index in [1.54, 1.807) is 51.0 Å². The van der Waals surface area contributed by atoms with Crippen LogP contribution in [0.2, 0.25) is 24.7 Å². The molecule has 4 aliphatic rings. The van der Waals surface area contributed by atoms with Gasteiger partial charge < -0.3 is 0 Å². The van der Waals surface area contributed by atoms with Crippen molar-refractivity contribution in [2.24, 2.45) is 41.4 Å². The van der Waals surface area contributed by atoms with Crippen LogP contribution in [0.5, 0.6) is 0 Å². The lowest BCUT2D eigenvalue weighted by Gasteiger charge is -2.43. The van der Waals surface area contributed by atoms with Crippen molar-refractivity contribution in [3.8, 4) is 0 Å². The Hall–Kier alpha value is 0.217. The third-order valence-corrected chi connectivity index (χ3v) is 13.6. The van der Waals surface area contributed by atoms with Gasteiger partial charge in [0.15, 0.2) is 0 Å². The molecule has 4 saturated carbocycles. The van der Waals surface area contributed by atoms with Crippen molar-refractivity contribution in [1.29, 1.82) is 0 Å². The first-order valence-electron chi connectivity index (χ1n) is 11.5. The van der Waals surface area contributed by atoms with Crippen molar-refractivity contribution in [3.05, 3.63) is 0 Å². The van der Waals surface area contributed by atoms with E-state index in [9.17, 15) is 0 Å². The molecule has 0 heterocycles. The summed E-state index contributed by atoms with van der Waals surface area (Å²) in [6, 6.07) is 1.67. The van der Waals surface area contributed by atoms with Crippen molar-refractivity contribution in [1.82, 2.24) is 0 Å². The van der Waals surface area contributed by atoms with E-state index in [0.29, 0.717) is 0 Å². The highest BCUT2D eigenvalue weighted by Gasteiger charge is 2.52. The van der Waals surface area contributed by atoms with E-state index < -0.39 is 8.07 Å². The molecule has 0 saturated heterocycles. The second-order valence-corrected chi connectivity index (χ2v) is 16.3. The maximum atomic E-state index is 2.81. The fourth-order valence-corrected chi connectivity index (χ4v) is 14.1. The minimum absolute atomic E-state index is 1.03. The summed E-state index contributed by atoms with van der Waals surface area (Å²) in [7, 11) is -1.12. The van der Waals surface area contributed by atoms with Gasteiger partial charge in [-0.05, 0) is 66.2 Å². The monoisotopic (exact) mass is 346 g/mol. The van der Waals surface area contributed by atoms with Gasteiger partial charge in [0.25, 0.3) is 0 Å². The second kappa shape index (κ2) is 6.75. The van der Waals surface area contributed by atoms with Crippen LogP contribution < -0.4 is 0 Å². The van der Waals surface area contributed by atoms with Gasteiger partial charge >= 0.3 is 0 Å². The highest BCUT2D eigenvalue weighted by molar-refractivity contribution is 6.79. The van der Waals surface area contributed by atoms with Crippen LogP contribution in [0.3, 0.4) is 0 Å². The molecule has 4 rings (SSSR count). The predicted octanol–water partition coefficient (Wildman–Crippen LogP) is 7.37. The van der Waals surface area contributed by atoms with Crippen molar-refractivity contribution >= 4 is 8.07 Å². The van der Waals surface area contributed by atoms with E-state index in [1.807, 2.05) is 0 Å². The van der Waals surface area contributed by atoms with Crippen molar-refractivity contribution in [2.75, 3.05) is 0 Å². The fraction of sp³-hybridized carbons (Fsp3) is 1.00. The molecule has 8 unspecified atom stereocenters. The molecule has 0 aromatic rings. The number of hydrogen-bond donors (Lipinski definition) is 0. The molecule has 1 heteroatoms. The van der Waals surface area contributed by atoms with Gasteiger partial charge in [-0.25, -0.2) is 0 Å². The number of hydrogen-bond acceptors (Lipinski definition) is 0. The highest BCUT2D eigenvalue weighted by atomic mass is 28.3. The summed E-state index contributed by atoms with van der Waals surface area (Å²) in [5, 5.41) is 0. The topological polar surface area (TPSA) is 0 Å². The lowest BCUT2D eigenvalue weighted by atomic mass is 9.78. The van der Waals surface area contributed by atoms with Gasteiger partial charge in [0.1, 0.15) is 0 Å². The molecule has 0 aromatic heterocycles. The average molecular weight is 347 g/mol. The first kappa shape index (κ1) is 17.6. The Bertz CT molecular complexity index is 441. The number of rotatable bonds is 3. The van der Waals surface area contributed by atoms with Crippen LogP contribution in [-0.4, -0.2) is 8.07 Å². The van der Waals surface area contributed by atoms with Gasteiger partial charge in [-0.15, -0.1) is 0 Å². The zero-order chi connectivity index (χ0) is 16.9. The average Bonchev–Trinajstić information content (AvgIpc) is 3.04. The molecule has 0 spiro atoms. The minimum atomic E-state index is -1.12. The van der Waals surface area contributed by atoms with Crippen LogP contribution in [0, 0.1) is 41.4 Å². The highest BCUT2D eigenvalue weighted by Crippen LogP contribution is 2.59. The second-order valence-electron chi connectivity index (χ2n) is 11.2. The molecule has 4 aliphatic carbocycles. The van der Waals surface area contributed by atoms with Gasteiger partial charge in [0, 0.05) is 0 Å². The molecule has 0 N–H and O–H groups in total. The largest absolute Gasteiger partial charge is 0.0691 e. The Labute approximate surface area is 152 Å². The summed E-state index contributed by atoms with van der Waals surface area (Å²) in [6.07, 6.45) is 15.6. The maximum absolute atomic E-state index is 2.81. The summed E-state index contributed by atoms with van der Waals surface area (Å²) in [5.74, 6) is 7.67. The predicted molar refractivity (Wildman–Crippen MR) is 108 cm³/mol. The molecule has 0 aromatic carbocycles. The molecule has 0 bridgehead atoms. The van der Waals surface area contributed by atoms with Crippen LogP contribution in [0.25, 0.3) is 0 Å². The molecular formula is C23H42Si. The first-order valence-corrected chi connectivity index (χ1v) is 14.8. The van der Waals surface area contributed by atoms with Crippen molar-refractivity contribution < 1.29 is 0 Å². The summed E-state index contributed by atoms with van der Waals surface area (Å²) < 4.78 is 0. The summed E-state index contributed by atoms with van der Waals surface area (Å²) >= 11 is 0. The molecule has 0 amide bonds. The first-order chi connectivity index (χ1) is 11.5. The Morgan fingerprint density at radius 1 is 0.708 bits per heavy atom. The van der Waals surface area contributed by atoms with Gasteiger partial charge in [0.05, 0.1) is 8.07 Å². The van der Waals surface area contributed by atoms with E-state index in [0.717, 1.165) is 47.0 Å². The van der Waals surface area contributed by atoms with Crippen LogP contribution in [0.15, 0.2) is 0 Å². The van der Waals surface area contributed by atoms with E-state index in [2.05, 4.69) is 26.9 Å². The van der Waals surface area contributed by atoms with Gasteiger partial charge in [-0.2, -0.15) is 0 Å². The third kappa shape index (κ3) is 3.05. The summed E-state index contributed by atoms with van der Waals surface area (Å²) in [4.78, 5) is 0. The summed E-state index contributed by atoms with van der Waals surface area (Å²) in [6.45, 7) is 10.9. The fourth-order valence-electron chi connectivity index (χ4n) is 8.66. The molecule has 0 aliphatic heterocycles. The maximum Gasteiger partial charge on any atom is 0.0513 e. The molecule has 8 atom stereocenters. The SMILES string of the molecule is CC1CC2CCCCC2C1C[Si](C)(C)C1C(C)CC2CCCCC21. The molecule has 0 radical (unpaired) electrons. The molecule has 4 fully saturated rings. The molecular weight excluding hydrogens is 304 g/mol. The van der Waals surface area contributed by atoms with E-state index >= 15 is 0 Å². The van der Waals surface area contributed by atoms with Crippen LogP contribution in [0.1, 0.15) is 78.1 Å². The molecule has 24 heavy (non-hydrogen) atoms. The van der Waals surface area contributed by atoms with Gasteiger partial charge in [-0.3, -0.25) is 0 Å². The third-order valence-electron chi connectivity index (χ3n) is 9.30. The molecule has 0 nitrogen and oxygen atoms in total. The lowest BCUT2D eigenvalue weighted by molar-refractivity contribution is 0.229. The lowest BCUT2D eigenvalue weighted by Crippen LogP contribution is -2.41. The summed E-state index contributed by atoms with van der Waals surface area (Å²) in [5.41, 5.74) is 1.15. The van der Waals surface area contributed by atoms with Crippen molar-refractivity contribution in [3.63, 3.8) is 0 Å². The van der Waals surface area contributed by atoms with E-state index in [-0.39, 0.29) is 0 Å². The Morgan fingerprint density at radius 3 is 1.96 bits per heavy atom. The zero-order valence-electron chi connectivity index (χ0n) is 16.9. The van der Waals surface area contributed by atoms with E-state index in [4.69, 9.17) is 0 Å². The van der Waals surface area contributed by atoms with Crippen molar-refractivity contribution in [2.45, 2.75) is 103 Å². The molecule has 138 valence electrons. The zero-order valence-corrected chi connectivity index (χ0v) is 17.9. The van der Waals surface area contributed by atoms with Crippen LogP contribution in [0.4, 0.5) is 0 Å².